The predicted octanol–water partition coefficient (Wildman–Crippen LogP) is 4.38. The first-order valence-corrected chi connectivity index (χ1v) is 12.6. The van der Waals surface area contributed by atoms with E-state index in [1.165, 1.54) is 53.3 Å². The molecule has 2 atom stereocenters. The summed E-state index contributed by atoms with van der Waals surface area (Å²) in [5, 5.41) is 0. The van der Waals surface area contributed by atoms with Gasteiger partial charge in [-0.15, -0.1) is 13.2 Å². The Morgan fingerprint density at radius 2 is 1.57 bits per heavy atom. The summed E-state index contributed by atoms with van der Waals surface area (Å²) in [5.41, 5.74) is -1.07. The molecule has 2 aromatic rings. The number of carbonyl (C=O) groups is 3. The molecule has 10 nitrogen and oxygen atoms in total. The van der Waals surface area contributed by atoms with Crippen LogP contribution in [0.15, 0.2) is 48.5 Å². The van der Waals surface area contributed by atoms with E-state index in [1.807, 2.05) is 0 Å². The van der Waals surface area contributed by atoms with E-state index in [0.717, 1.165) is 12.1 Å². The molecule has 2 aliphatic heterocycles. The number of hydrogen-bond acceptors (Lipinski definition) is 8. The molecule has 0 saturated carbocycles. The molecule has 2 fully saturated rings. The van der Waals surface area contributed by atoms with E-state index in [1.54, 1.807) is 6.92 Å². The van der Waals surface area contributed by atoms with Crippen LogP contribution in [0.2, 0.25) is 0 Å². The molecular formula is C27H29F3N2O8. The number of carbonyl (C=O) groups excluding carboxylic acids is 3. The standard InChI is InChI=1S/C27H29F3N2O8/c1-3-37-24(34)26-13-12-19(16-31(17-26)25(35)38-15-14-36-2)32(26)23(33)18-4-6-20(7-5-18)39-21-8-10-22(11-9-21)40-27(28,29)30/h4-11,19H,3,12-17H2,1-2H3. The van der Waals surface area contributed by atoms with Crippen molar-refractivity contribution in [2.75, 3.05) is 40.0 Å². The number of esters is 1. The highest BCUT2D eigenvalue weighted by Crippen LogP contribution is 2.41. The highest BCUT2D eigenvalue weighted by molar-refractivity contribution is 5.99. The first kappa shape index (κ1) is 29.0. The molecule has 2 saturated heterocycles. The van der Waals surface area contributed by atoms with Gasteiger partial charge >= 0.3 is 18.4 Å². The molecule has 2 aromatic carbocycles. The lowest BCUT2D eigenvalue weighted by Crippen LogP contribution is -2.67. The molecular weight excluding hydrogens is 537 g/mol. The Balaban J connectivity index is 1.48. The van der Waals surface area contributed by atoms with E-state index < -0.39 is 35.9 Å². The number of ether oxygens (including phenoxy) is 5. The van der Waals surface area contributed by atoms with Crippen molar-refractivity contribution in [3.8, 4) is 17.2 Å². The van der Waals surface area contributed by atoms with Gasteiger partial charge in [0.25, 0.3) is 5.91 Å². The number of piperazine rings is 1. The van der Waals surface area contributed by atoms with E-state index in [-0.39, 0.29) is 50.0 Å². The number of fused-ring (bicyclic) bond motifs is 2. The monoisotopic (exact) mass is 566 g/mol. The zero-order chi connectivity index (χ0) is 28.9. The van der Waals surface area contributed by atoms with Gasteiger partial charge < -0.3 is 33.5 Å². The Kier molecular flexibility index (Phi) is 8.72. The third kappa shape index (κ3) is 6.41. The highest BCUT2D eigenvalue weighted by atomic mass is 19.4. The molecule has 4 rings (SSSR count). The van der Waals surface area contributed by atoms with Crippen LogP contribution in [-0.2, 0) is 19.0 Å². The molecule has 216 valence electrons. The summed E-state index contributed by atoms with van der Waals surface area (Å²) < 4.78 is 62.1. The van der Waals surface area contributed by atoms with Crippen molar-refractivity contribution in [2.24, 2.45) is 0 Å². The summed E-state index contributed by atoms with van der Waals surface area (Å²) in [4.78, 5) is 42.5. The van der Waals surface area contributed by atoms with Crippen LogP contribution in [0.5, 0.6) is 17.2 Å². The zero-order valence-corrected chi connectivity index (χ0v) is 21.9. The largest absolute Gasteiger partial charge is 0.573 e. The summed E-state index contributed by atoms with van der Waals surface area (Å²) in [6, 6.07) is 10.6. The quantitative estimate of drug-likeness (QED) is 0.326. The molecule has 0 aliphatic carbocycles. The second-order valence-electron chi connectivity index (χ2n) is 9.25. The third-order valence-electron chi connectivity index (χ3n) is 6.64. The first-order valence-electron chi connectivity index (χ1n) is 12.6. The summed E-state index contributed by atoms with van der Waals surface area (Å²) in [7, 11) is 1.49. The number of nitrogens with zero attached hydrogens (tertiary/aromatic N) is 2. The van der Waals surface area contributed by atoms with Crippen LogP contribution in [0.25, 0.3) is 0 Å². The average molecular weight is 567 g/mol. The van der Waals surface area contributed by atoms with Crippen molar-refractivity contribution < 1.29 is 51.2 Å². The molecule has 2 heterocycles. The Bertz CT molecular complexity index is 1210. The van der Waals surface area contributed by atoms with E-state index in [2.05, 4.69) is 4.74 Å². The Hall–Kier alpha value is -4.00. The van der Waals surface area contributed by atoms with Crippen molar-refractivity contribution in [3.63, 3.8) is 0 Å². The van der Waals surface area contributed by atoms with Gasteiger partial charge in [-0.25, -0.2) is 9.59 Å². The molecule has 40 heavy (non-hydrogen) atoms. The van der Waals surface area contributed by atoms with E-state index >= 15 is 0 Å². The number of halogens is 3. The van der Waals surface area contributed by atoms with Crippen LogP contribution in [0.4, 0.5) is 18.0 Å². The summed E-state index contributed by atoms with van der Waals surface area (Å²) >= 11 is 0. The molecule has 0 N–H and O–H groups in total. The summed E-state index contributed by atoms with van der Waals surface area (Å²) in [6.07, 6.45) is -4.55. The fourth-order valence-corrected chi connectivity index (χ4v) is 4.95. The minimum atomic E-state index is -4.80. The van der Waals surface area contributed by atoms with Crippen molar-refractivity contribution in [3.05, 3.63) is 54.1 Å². The maximum Gasteiger partial charge on any atom is 0.573 e. The van der Waals surface area contributed by atoms with Crippen molar-refractivity contribution in [1.29, 1.82) is 0 Å². The normalized spacial score (nSPS) is 20.2. The third-order valence-corrected chi connectivity index (χ3v) is 6.64. The van der Waals surface area contributed by atoms with Gasteiger partial charge in [0, 0.05) is 19.2 Å². The van der Waals surface area contributed by atoms with Gasteiger partial charge in [-0.3, -0.25) is 4.79 Å². The molecule has 13 heteroatoms. The molecule has 0 radical (unpaired) electrons. The summed E-state index contributed by atoms with van der Waals surface area (Å²) in [5.74, 6) is -0.759. The fraction of sp³-hybridized carbons (Fsp3) is 0.444. The van der Waals surface area contributed by atoms with E-state index in [0.29, 0.717) is 18.6 Å². The van der Waals surface area contributed by atoms with Crippen LogP contribution in [0.3, 0.4) is 0 Å². The predicted molar refractivity (Wildman–Crippen MR) is 133 cm³/mol. The maximum absolute atomic E-state index is 13.7. The number of hydrogen-bond donors (Lipinski definition) is 0. The lowest BCUT2D eigenvalue weighted by atomic mass is 9.94. The van der Waals surface area contributed by atoms with Crippen LogP contribution in [0.1, 0.15) is 30.1 Å². The highest BCUT2D eigenvalue weighted by Gasteiger charge is 2.60. The number of alkyl halides is 3. The number of likely N-dealkylation sites (tertiary alicyclic amines) is 1. The van der Waals surface area contributed by atoms with Gasteiger partial charge in [0.1, 0.15) is 23.9 Å². The van der Waals surface area contributed by atoms with Gasteiger partial charge in [0.2, 0.25) is 0 Å². The SMILES string of the molecule is CCOC(=O)C12CCC(CN(C(=O)OCCOC)C1)N2C(=O)c1ccc(Oc2ccc(OC(F)(F)F)cc2)cc1. The van der Waals surface area contributed by atoms with Gasteiger partial charge in [0.15, 0.2) is 5.54 Å². The van der Waals surface area contributed by atoms with Gasteiger partial charge in [-0.05, 0) is 68.3 Å². The van der Waals surface area contributed by atoms with Crippen molar-refractivity contribution >= 4 is 18.0 Å². The van der Waals surface area contributed by atoms with Crippen LogP contribution in [-0.4, -0.2) is 85.7 Å². The fourth-order valence-electron chi connectivity index (χ4n) is 4.95. The Morgan fingerprint density at radius 1 is 0.950 bits per heavy atom. The van der Waals surface area contributed by atoms with Crippen molar-refractivity contribution in [1.82, 2.24) is 9.80 Å². The van der Waals surface area contributed by atoms with Gasteiger partial charge in [-0.1, -0.05) is 0 Å². The second kappa shape index (κ2) is 12.0. The number of benzene rings is 2. The second-order valence-corrected chi connectivity index (χ2v) is 9.25. The van der Waals surface area contributed by atoms with Crippen LogP contribution in [0, 0.1) is 0 Å². The Labute approximate surface area is 228 Å². The Morgan fingerprint density at radius 3 is 2.17 bits per heavy atom. The molecule has 0 spiro atoms. The minimum absolute atomic E-state index is 0.0604. The number of amides is 2. The topological polar surface area (TPSA) is 104 Å². The van der Waals surface area contributed by atoms with E-state index in [4.69, 9.17) is 18.9 Å². The van der Waals surface area contributed by atoms with Crippen LogP contribution < -0.4 is 9.47 Å². The average Bonchev–Trinajstić information content (AvgIpc) is 3.15. The molecule has 2 aliphatic rings. The van der Waals surface area contributed by atoms with Crippen molar-refractivity contribution in [2.45, 2.75) is 37.7 Å². The van der Waals surface area contributed by atoms with Gasteiger partial charge in [0.05, 0.1) is 25.8 Å². The number of methoxy groups -OCH3 is 1. The molecule has 2 unspecified atom stereocenters. The summed E-state index contributed by atoms with van der Waals surface area (Å²) in [6.45, 7) is 2.21. The first-order chi connectivity index (χ1) is 19.1. The van der Waals surface area contributed by atoms with Gasteiger partial charge in [-0.2, -0.15) is 0 Å². The lowest BCUT2D eigenvalue weighted by Gasteiger charge is -2.46. The number of rotatable bonds is 9. The molecule has 2 amide bonds. The minimum Gasteiger partial charge on any atom is -0.464 e. The smallest absolute Gasteiger partial charge is 0.464 e. The van der Waals surface area contributed by atoms with E-state index in [9.17, 15) is 27.6 Å². The van der Waals surface area contributed by atoms with Crippen LogP contribution >= 0.6 is 0 Å². The molecule has 2 bridgehead atoms. The zero-order valence-electron chi connectivity index (χ0n) is 21.9. The maximum atomic E-state index is 13.7. The molecule has 0 aromatic heterocycles. The lowest BCUT2D eigenvalue weighted by molar-refractivity contribution is -0.274.